The lowest BCUT2D eigenvalue weighted by atomic mass is 10.0. The maximum atomic E-state index is 13.1. The predicted molar refractivity (Wildman–Crippen MR) is 120 cm³/mol. The van der Waals surface area contributed by atoms with Crippen LogP contribution in [0.5, 0.6) is 5.75 Å². The highest BCUT2D eigenvalue weighted by molar-refractivity contribution is 7.92. The molecule has 0 radical (unpaired) electrons. The molecule has 0 bridgehead atoms. The van der Waals surface area contributed by atoms with E-state index in [4.69, 9.17) is 14.2 Å². The van der Waals surface area contributed by atoms with Gasteiger partial charge in [0.05, 0.1) is 29.7 Å². The first kappa shape index (κ1) is 25.9. The Labute approximate surface area is 189 Å². The van der Waals surface area contributed by atoms with Crippen LogP contribution in [0.4, 0.5) is 5.69 Å². The molecule has 0 unspecified atom stereocenters. The molecule has 1 heterocycles. The second-order valence-corrected chi connectivity index (χ2v) is 9.91. The van der Waals surface area contributed by atoms with Gasteiger partial charge in [-0.3, -0.25) is 14.3 Å². The number of likely N-dealkylation sites (N-methyl/N-ethyl adjacent to an activating group) is 1. The molecule has 1 aliphatic rings. The second-order valence-electron chi connectivity index (χ2n) is 8.16. The monoisotopic (exact) mass is 471 g/mol. The first-order valence-electron chi connectivity index (χ1n) is 10.3. The number of carbonyl (C=O) groups is 2. The predicted octanol–water partition coefficient (Wildman–Crippen LogP) is 1.04. The van der Waals surface area contributed by atoms with E-state index in [2.05, 4.69) is 4.72 Å². The van der Waals surface area contributed by atoms with Gasteiger partial charge < -0.3 is 24.0 Å². The molecule has 0 spiro atoms. The summed E-state index contributed by atoms with van der Waals surface area (Å²) in [5, 5.41) is 0. The van der Waals surface area contributed by atoms with Crippen molar-refractivity contribution in [3.63, 3.8) is 0 Å². The highest BCUT2D eigenvalue weighted by atomic mass is 32.2. The van der Waals surface area contributed by atoms with Gasteiger partial charge in [0.25, 0.3) is 5.91 Å². The number of nitrogens with one attached hydrogen (secondary N) is 1. The van der Waals surface area contributed by atoms with Gasteiger partial charge >= 0.3 is 0 Å². The number of fused-ring (bicyclic) bond motifs is 1. The Morgan fingerprint density at radius 2 is 1.94 bits per heavy atom. The van der Waals surface area contributed by atoms with E-state index in [1.54, 1.807) is 19.1 Å². The lowest BCUT2D eigenvalue weighted by Gasteiger charge is -2.36. The molecule has 0 aliphatic carbocycles. The standard InChI is InChI=1S/C21H33N3O7S/c1-14-10-24(20(25)13-29-4)15(2)12-31-18-9-16(22-32(6,27)28)7-8-17(18)21(26)23(3)11-19(14)30-5/h7-9,14-15,19,22H,10-13H2,1-6H3/t14-,15+,19+/m1/s1. The number of amides is 2. The maximum Gasteiger partial charge on any atom is 0.257 e. The zero-order valence-electron chi connectivity index (χ0n) is 19.5. The number of benzene rings is 1. The number of anilines is 1. The van der Waals surface area contributed by atoms with Crippen LogP contribution in [0.25, 0.3) is 0 Å². The van der Waals surface area contributed by atoms with E-state index in [1.807, 2.05) is 13.8 Å². The molecule has 0 aromatic heterocycles. The highest BCUT2D eigenvalue weighted by Crippen LogP contribution is 2.27. The van der Waals surface area contributed by atoms with Crippen molar-refractivity contribution in [2.45, 2.75) is 26.0 Å². The Balaban J connectivity index is 2.47. The Hall–Kier alpha value is -2.37. The summed E-state index contributed by atoms with van der Waals surface area (Å²) in [6.45, 7) is 4.56. The third-order valence-electron chi connectivity index (χ3n) is 5.34. The number of sulfonamides is 1. The van der Waals surface area contributed by atoms with Crippen LogP contribution < -0.4 is 9.46 Å². The van der Waals surface area contributed by atoms with E-state index in [-0.39, 0.29) is 60.1 Å². The van der Waals surface area contributed by atoms with Crippen molar-refractivity contribution in [1.29, 1.82) is 0 Å². The highest BCUT2D eigenvalue weighted by Gasteiger charge is 2.30. The van der Waals surface area contributed by atoms with E-state index in [0.717, 1.165) is 6.26 Å². The summed E-state index contributed by atoms with van der Waals surface area (Å²) in [5.41, 5.74) is 0.564. The zero-order chi connectivity index (χ0) is 24.1. The molecule has 1 aliphatic heterocycles. The molecule has 1 aromatic carbocycles. The van der Waals surface area contributed by atoms with Crippen molar-refractivity contribution in [3.05, 3.63) is 23.8 Å². The second kappa shape index (κ2) is 11.0. The van der Waals surface area contributed by atoms with Crippen molar-refractivity contribution < 1.29 is 32.2 Å². The van der Waals surface area contributed by atoms with E-state index < -0.39 is 10.0 Å². The number of ether oxygens (including phenoxy) is 3. The van der Waals surface area contributed by atoms with Crippen LogP contribution >= 0.6 is 0 Å². The zero-order valence-corrected chi connectivity index (χ0v) is 20.3. The van der Waals surface area contributed by atoms with Crippen LogP contribution in [-0.4, -0.2) is 96.0 Å². The molecule has 180 valence electrons. The van der Waals surface area contributed by atoms with Crippen molar-refractivity contribution in [2.75, 3.05) is 58.5 Å². The molecular weight excluding hydrogens is 438 g/mol. The first-order chi connectivity index (χ1) is 15.0. The fraction of sp³-hybridized carbons (Fsp3) is 0.619. The van der Waals surface area contributed by atoms with E-state index >= 15 is 0 Å². The summed E-state index contributed by atoms with van der Waals surface area (Å²) in [7, 11) is 1.20. The summed E-state index contributed by atoms with van der Waals surface area (Å²) >= 11 is 0. The van der Waals surface area contributed by atoms with Crippen LogP contribution in [0.1, 0.15) is 24.2 Å². The summed E-state index contributed by atoms with van der Waals surface area (Å²) in [4.78, 5) is 29.0. The molecule has 1 aromatic rings. The summed E-state index contributed by atoms with van der Waals surface area (Å²) in [6.07, 6.45) is 0.740. The Kier molecular flexibility index (Phi) is 8.88. The smallest absolute Gasteiger partial charge is 0.257 e. The largest absolute Gasteiger partial charge is 0.491 e. The third-order valence-corrected chi connectivity index (χ3v) is 5.94. The third kappa shape index (κ3) is 6.81. The quantitative estimate of drug-likeness (QED) is 0.682. The van der Waals surface area contributed by atoms with Gasteiger partial charge in [-0.25, -0.2) is 8.42 Å². The van der Waals surface area contributed by atoms with Crippen molar-refractivity contribution in [1.82, 2.24) is 9.80 Å². The molecular formula is C21H33N3O7S. The van der Waals surface area contributed by atoms with Gasteiger partial charge in [-0.1, -0.05) is 6.92 Å². The first-order valence-corrected chi connectivity index (χ1v) is 12.2. The van der Waals surface area contributed by atoms with Gasteiger partial charge in [0.15, 0.2) is 0 Å². The van der Waals surface area contributed by atoms with Crippen molar-refractivity contribution >= 4 is 27.5 Å². The minimum absolute atomic E-state index is 0.0567. The summed E-state index contributed by atoms with van der Waals surface area (Å²) in [5.74, 6) is -0.289. The van der Waals surface area contributed by atoms with E-state index in [0.29, 0.717) is 13.1 Å². The van der Waals surface area contributed by atoms with E-state index in [9.17, 15) is 18.0 Å². The van der Waals surface area contributed by atoms with Gasteiger partial charge in [0.1, 0.15) is 19.0 Å². The van der Waals surface area contributed by atoms with Crippen LogP contribution in [0.2, 0.25) is 0 Å². The van der Waals surface area contributed by atoms with Crippen LogP contribution in [0.3, 0.4) is 0 Å². The normalized spacial score (nSPS) is 22.9. The lowest BCUT2D eigenvalue weighted by molar-refractivity contribution is -0.139. The lowest BCUT2D eigenvalue weighted by Crippen LogP contribution is -2.49. The SMILES string of the molecule is COCC(=O)N1C[C@@H](C)[C@@H](OC)CN(C)C(=O)c2ccc(NS(C)(=O)=O)cc2OC[C@@H]1C. The van der Waals surface area contributed by atoms with Gasteiger partial charge in [0, 0.05) is 46.3 Å². The molecule has 0 saturated carbocycles. The number of hydrogen-bond donors (Lipinski definition) is 1. The minimum atomic E-state index is -3.51. The van der Waals surface area contributed by atoms with Gasteiger partial charge in [-0.2, -0.15) is 0 Å². The van der Waals surface area contributed by atoms with Crippen LogP contribution in [0, 0.1) is 5.92 Å². The topological polar surface area (TPSA) is 114 Å². The minimum Gasteiger partial charge on any atom is -0.491 e. The number of hydrogen-bond acceptors (Lipinski definition) is 7. The average Bonchev–Trinajstić information content (AvgIpc) is 2.71. The van der Waals surface area contributed by atoms with Crippen LogP contribution in [-0.2, 0) is 24.3 Å². The fourth-order valence-electron chi connectivity index (χ4n) is 3.60. The molecule has 32 heavy (non-hydrogen) atoms. The molecule has 0 fully saturated rings. The van der Waals surface area contributed by atoms with E-state index in [1.165, 1.54) is 30.2 Å². The molecule has 11 heteroatoms. The number of methoxy groups -OCH3 is 2. The molecule has 3 atom stereocenters. The fourth-order valence-corrected chi connectivity index (χ4v) is 4.16. The van der Waals surface area contributed by atoms with Gasteiger partial charge in [-0.15, -0.1) is 0 Å². The average molecular weight is 472 g/mol. The number of rotatable bonds is 5. The molecule has 1 N–H and O–H groups in total. The summed E-state index contributed by atoms with van der Waals surface area (Å²) < 4.78 is 42.3. The Morgan fingerprint density at radius 1 is 1.25 bits per heavy atom. The number of carbonyl (C=O) groups excluding carboxylic acids is 2. The Bertz CT molecular complexity index is 922. The summed E-state index contributed by atoms with van der Waals surface area (Å²) in [6, 6.07) is 4.18. The van der Waals surface area contributed by atoms with Crippen LogP contribution in [0.15, 0.2) is 18.2 Å². The Morgan fingerprint density at radius 3 is 2.53 bits per heavy atom. The molecule has 2 amide bonds. The van der Waals surface area contributed by atoms with Gasteiger partial charge in [0.2, 0.25) is 15.9 Å². The number of nitrogens with zero attached hydrogens (tertiary/aromatic N) is 2. The molecule has 0 saturated heterocycles. The van der Waals surface area contributed by atoms with Crippen molar-refractivity contribution in [2.24, 2.45) is 5.92 Å². The molecule has 2 rings (SSSR count). The maximum absolute atomic E-state index is 13.1. The molecule has 10 nitrogen and oxygen atoms in total. The van der Waals surface area contributed by atoms with Crippen molar-refractivity contribution in [3.8, 4) is 5.75 Å². The van der Waals surface area contributed by atoms with Gasteiger partial charge in [-0.05, 0) is 19.1 Å².